The minimum absolute atomic E-state index is 0.0102. The number of alkyl halides is 3. The van der Waals surface area contributed by atoms with Crippen molar-refractivity contribution in [3.8, 4) is 0 Å². The topological polar surface area (TPSA) is 70.6 Å². The molecule has 0 amide bonds. The van der Waals surface area contributed by atoms with Crippen LogP contribution in [0.5, 0.6) is 0 Å². The number of ether oxygens (including phenoxy) is 1. The third-order valence-corrected chi connectivity index (χ3v) is 4.20. The monoisotopic (exact) mass is 392 g/mol. The van der Waals surface area contributed by atoms with Crippen LogP contribution in [0, 0.1) is 0 Å². The van der Waals surface area contributed by atoms with Gasteiger partial charge in [0.1, 0.15) is 6.61 Å². The van der Waals surface area contributed by atoms with Crippen molar-refractivity contribution in [1.82, 2.24) is 10.6 Å². The van der Waals surface area contributed by atoms with Crippen molar-refractivity contribution < 1.29 is 27.8 Å². The van der Waals surface area contributed by atoms with Gasteiger partial charge in [0, 0.05) is 10.6 Å². The molecule has 10 heteroatoms. The molecule has 1 unspecified atom stereocenters. The first-order valence-electron chi connectivity index (χ1n) is 7.10. The van der Waals surface area contributed by atoms with Gasteiger partial charge < -0.3 is 20.5 Å². The molecule has 1 aromatic carbocycles. The number of hydrogen-bond acceptors (Lipinski definition) is 5. The lowest BCUT2D eigenvalue weighted by Gasteiger charge is -2.28. The molecule has 2 rings (SSSR count). The van der Waals surface area contributed by atoms with Crippen LogP contribution in [0.25, 0.3) is 0 Å². The summed E-state index contributed by atoms with van der Waals surface area (Å²) in [5.74, 6) is -0.687. The van der Waals surface area contributed by atoms with E-state index in [9.17, 15) is 23.1 Å². The predicted octanol–water partition coefficient (Wildman–Crippen LogP) is 2.45. The summed E-state index contributed by atoms with van der Waals surface area (Å²) < 4.78 is 42.4. The number of hydrogen-bond donors (Lipinski definition) is 3. The van der Waals surface area contributed by atoms with Gasteiger partial charge >= 0.3 is 11.5 Å². The zero-order valence-corrected chi connectivity index (χ0v) is 14.6. The summed E-state index contributed by atoms with van der Waals surface area (Å²) in [4.78, 5) is 12.3. The molecule has 1 aliphatic rings. The van der Waals surface area contributed by atoms with Gasteiger partial charge in [0.05, 0.1) is 18.2 Å². The fourth-order valence-corrected chi connectivity index (χ4v) is 3.18. The highest BCUT2D eigenvalue weighted by molar-refractivity contribution is 8.00. The Balaban J connectivity index is 2.06. The normalized spacial score (nSPS) is 17.8. The standard InChI is InChI=1S/C15H15F3N2O3S2/c1-8-12(11(6-21)20-14(24)19-8)13(22)23-7-9-3-2-4-10(5-9)25-15(16,17)18/h2-5,11,21H,6-7H2,1H3,(H2,19,20,24). The molecule has 0 saturated heterocycles. The van der Waals surface area contributed by atoms with E-state index in [1.807, 2.05) is 0 Å². The molecule has 0 spiro atoms. The maximum absolute atomic E-state index is 12.4. The van der Waals surface area contributed by atoms with Gasteiger partial charge in [-0.1, -0.05) is 12.1 Å². The van der Waals surface area contributed by atoms with Crippen LogP contribution in [0.4, 0.5) is 13.2 Å². The van der Waals surface area contributed by atoms with E-state index in [0.717, 1.165) is 0 Å². The van der Waals surface area contributed by atoms with Crippen molar-refractivity contribution in [1.29, 1.82) is 0 Å². The molecule has 0 aliphatic carbocycles. The predicted molar refractivity (Wildman–Crippen MR) is 90.6 cm³/mol. The molecule has 0 radical (unpaired) electrons. The van der Waals surface area contributed by atoms with Gasteiger partial charge in [-0.3, -0.25) is 0 Å². The maximum Gasteiger partial charge on any atom is 0.446 e. The second kappa shape index (κ2) is 8.07. The fraction of sp³-hybridized carbons (Fsp3) is 0.333. The van der Waals surface area contributed by atoms with E-state index >= 15 is 0 Å². The van der Waals surface area contributed by atoms with Crippen LogP contribution in [-0.2, 0) is 16.1 Å². The third kappa shape index (κ3) is 5.62. The van der Waals surface area contributed by atoms with E-state index in [-0.39, 0.29) is 40.6 Å². The summed E-state index contributed by atoms with van der Waals surface area (Å²) >= 11 is 4.72. The van der Waals surface area contributed by atoms with E-state index in [1.165, 1.54) is 18.2 Å². The summed E-state index contributed by atoms with van der Waals surface area (Å²) in [5.41, 5.74) is -3.32. The summed E-state index contributed by atoms with van der Waals surface area (Å²) in [5, 5.41) is 15.2. The van der Waals surface area contributed by atoms with Crippen molar-refractivity contribution in [2.45, 2.75) is 30.0 Å². The number of benzene rings is 1. The molecule has 25 heavy (non-hydrogen) atoms. The van der Waals surface area contributed by atoms with Crippen LogP contribution >= 0.6 is 24.0 Å². The molecule has 1 heterocycles. The van der Waals surface area contributed by atoms with Gasteiger partial charge in [0.25, 0.3) is 0 Å². The number of esters is 1. The number of thioether (sulfide) groups is 1. The summed E-state index contributed by atoms with van der Waals surface area (Å²) in [6.07, 6.45) is 0. The number of thiocarbonyl (C=S) groups is 1. The molecule has 1 aromatic rings. The van der Waals surface area contributed by atoms with Gasteiger partial charge in [-0.05, 0) is 48.6 Å². The van der Waals surface area contributed by atoms with E-state index in [1.54, 1.807) is 13.0 Å². The molecule has 0 fully saturated rings. The molecule has 136 valence electrons. The number of halogens is 3. The second-order valence-corrected chi connectivity index (χ2v) is 6.69. The maximum atomic E-state index is 12.4. The number of aliphatic hydroxyl groups excluding tert-OH is 1. The van der Waals surface area contributed by atoms with Crippen LogP contribution in [0.1, 0.15) is 12.5 Å². The molecule has 5 nitrogen and oxygen atoms in total. The van der Waals surface area contributed by atoms with E-state index in [2.05, 4.69) is 10.6 Å². The smallest absolute Gasteiger partial charge is 0.446 e. The van der Waals surface area contributed by atoms with Gasteiger partial charge in [-0.2, -0.15) is 13.2 Å². The van der Waals surface area contributed by atoms with Crippen LogP contribution in [0.15, 0.2) is 40.4 Å². The van der Waals surface area contributed by atoms with Gasteiger partial charge in [-0.15, -0.1) is 0 Å². The van der Waals surface area contributed by atoms with Crippen molar-refractivity contribution in [3.63, 3.8) is 0 Å². The van der Waals surface area contributed by atoms with Crippen LogP contribution in [0.3, 0.4) is 0 Å². The highest BCUT2D eigenvalue weighted by Gasteiger charge is 2.30. The van der Waals surface area contributed by atoms with Gasteiger partial charge in [-0.25, -0.2) is 4.79 Å². The second-order valence-electron chi connectivity index (χ2n) is 5.14. The third-order valence-electron chi connectivity index (χ3n) is 3.26. The van der Waals surface area contributed by atoms with Gasteiger partial charge in [0.2, 0.25) is 0 Å². The molecule has 0 saturated carbocycles. The molecule has 0 bridgehead atoms. The molecule has 1 atom stereocenters. The SMILES string of the molecule is CC1=C(C(=O)OCc2cccc(SC(F)(F)F)c2)C(CO)NC(=S)N1. The zero-order valence-electron chi connectivity index (χ0n) is 13.0. The number of carbonyl (C=O) groups excluding carboxylic acids is 1. The quantitative estimate of drug-likeness (QED) is 0.404. The highest BCUT2D eigenvalue weighted by Crippen LogP contribution is 2.37. The van der Waals surface area contributed by atoms with E-state index < -0.39 is 17.5 Å². The number of aliphatic hydroxyl groups is 1. The minimum Gasteiger partial charge on any atom is -0.457 e. The Morgan fingerprint density at radius 3 is 2.80 bits per heavy atom. The lowest BCUT2D eigenvalue weighted by atomic mass is 10.0. The summed E-state index contributed by atoms with van der Waals surface area (Å²) in [6.45, 7) is 1.07. The molecule has 1 aliphatic heterocycles. The largest absolute Gasteiger partial charge is 0.457 e. The van der Waals surface area contributed by atoms with Crippen molar-refractivity contribution in [3.05, 3.63) is 41.1 Å². The number of rotatable bonds is 5. The Morgan fingerprint density at radius 2 is 2.16 bits per heavy atom. The summed E-state index contributed by atoms with van der Waals surface area (Å²) in [7, 11) is 0. The van der Waals surface area contributed by atoms with Crippen LogP contribution in [0.2, 0.25) is 0 Å². The highest BCUT2D eigenvalue weighted by atomic mass is 32.2. The molecular weight excluding hydrogens is 377 g/mol. The average Bonchev–Trinajstić information content (AvgIpc) is 2.50. The van der Waals surface area contributed by atoms with Crippen molar-refractivity contribution >= 4 is 35.1 Å². The molecule has 3 N–H and O–H groups in total. The molecular formula is C15H15F3N2O3S2. The Morgan fingerprint density at radius 1 is 1.44 bits per heavy atom. The fourth-order valence-electron chi connectivity index (χ4n) is 2.26. The number of carbonyl (C=O) groups is 1. The first-order valence-corrected chi connectivity index (χ1v) is 8.33. The van der Waals surface area contributed by atoms with E-state index in [0.29, 0.717) is 11.3 Å². The Kier molecular flexibility index (Phi) is 6.31. The minimum atomic E-state index is -4.39. The van der Waals surface area contributed by atoms with Gasteiger partial charge in [0.15, 0.2) is 5.11 Å². The Labute approximate surface area is 151 Å². The van der Waals surface area contributed by atoms with Crippen LogP contribution in [-0.4, -0.2) is 34.3 Å². The van der Waals surface area contributed by atoms with E-state index in [4.69, 9.17) is 17.0 Å². The zero-order chi connectivity index (χ0) is 18.6. The molecule has 0 aromatic heterocycles. The lowest BCUT2D eigenvalue weighted by molar-refractivity contribution is -0.141. The first-order chi connectivity index (χ1) is 11.7. The first kappa shape index (κ1) is 19.5. The van der Waals surface area contributed by atoms with Crippen LogP contribution < -0.4 is 10.6 Å². The van der Waals surface area contributed by atoms with Crippen molar-refractivity contribution in [2.24, 2.45) is 0 Å². The Bertz CT molecular complexity index is 708. The van der Waals surface area contributed by atoms with Crippen molar-refractivity contribution in [2.75, 3.05) is 6.61 Å². The lowest BCUT2D eigenvalue weighted by Crippen LogP contribution is -2.51. The number of nitrogens with one attached hydrogen (secondary N) is 2. The number of allylic oxidation sites excluding steroid dienone is 1. The average molecular weight is 392 g/mol. The Hall–Kier alpha value is -1.78. The summed E-state index contributed by atoms with van der Waals surface area (Å²) in [6, 6.07) is 4.95.